The van der Waals surface area contributed by atoms with Gasteiger partial charge in [-0.25, -0.2) is 0 Å². The van der Waals surface area contributed by atoms with E-state index in [0.29, 0.717) is 0 Å². The molecule has 9 heavy (non-hydrogen) atoms. The van der Waals surface area contributed by atoms with E-state index in [1.165, 1.54) is 11.9 Å². The van der Waals surface area contributed by atoms with Crippen LogP contribution in [0.1, 0.15) is 12.5 Å². The number of hydrogen-bond donors (Lipinski definition) is 1. The van der Waals surface area contributed by atoms with E-state index in [4.69, 9.17) is 5.41 Å². The molecule has 1 aromatic rings. The minimum absolute atomic E-state index is 1.04. The summed E-state index contributed by atoms with van der Waals surface area (Å²) in [5.41, 5.74) is 1.28. The Balaban J connectivity index is 2.86. The molecule has 1 rings (SSSR count). The second-order valence-corrected chi connectivity index (χ2v) is 1.95. The smallest absolute Gasteiger partial charge is 0.0898 e. The number of nitrogens with zero attached hydrogens (tertiary/aromatic N) is 1. The first kappa shape index (κ1) is 6.08. The number of rotatable bonds is 2. The average molecular weight is 122 g/mol. The molecule has 0 aliphatic rings. The molecular weight excluding hydrogens is 112 g/mol. The third-order valence-corrected chi connectivity index (χ3v) is 1.33. The van der Waals surface area contributed by atoms with Crippen molar-refractivity contribution in [1.29, 1.82) is 5.41 Å². The average Bonchev–Trinajstić information content (AvgIpc) is 2.34. The highest BCUT2D eigenvalue weighted by Gasteiger charge is 1.88. The molecule has 48 valence electrons. The van der Waals surface area contributed by atoms with Gasteiger partial charge in [-0.05, 0) is 18.1 Å². The van der Waals surface area contributed by atoms with E-state index in [-0.39, 0.29) is 0 Å². The Kier molecular flexibility index (Phi) is 1.68. The molecule has 0 atom stereocenters. The van der Waals surface area contributed by atoms with Crippen LogP contribution >= 0.6 is 0 Å². The Bertz CT molecular complexity index is 200. The van der Waals surface area contributed by atoms with Crippen molar-refractivity contribution in [3.63, 3.8) is 0 Å². The molecule has 0 unspecified atom stereocenters. The van der Waals surface area contributed by atoms with Crippen LogP contribution in [0.4, 0.5) is 0 Å². The normalized spacial score (nSPS) is 9.44. The van der Waals surface area contributed by atoms with E-state index in [1.54, 1.807) is 4.57 Å². The van der Waals surface area contributed by atoms with Gasteiger partial charge in [-0.2, -0.15) is 0 Å². The lowest BCUT2D eigenvalue weighted by molar-refractivity contribution is 1.11. The lowest BCUT2D eigenvalue weighted by atomic mass is 10.3. The van der Waals surface area contributed by atoms with E-state index in [1.807, 2.05) is 18.5 Å². The first-order valence-corrected chi connectivity index (χ1v) is 3.03. The third-order valence-electron chi connectivity index (χ3n) is 1.33. The number of aromatic nitrogens is 1. The van der Waals surface area contributed by atoms with E-state index >= 15 is 0 Å². The quantitative estimate of drug-likeness (QED) is 0.455. The third kappa shape index (κ3) is 1.19. The number of hydrogen-bond acceptors (Lipinski definition) is 1. The Hall–Kier alpha value is -1.05. The second kappa shape index (κ2) is 2.49. The predicted molar refractivity (Wildman–Crippen MR) is 38.0 cm³/mol. The lowest BCUT2D eigenvalue weighted by Crippen LogP contribution is -1.86. The van der Waals surface area contributed by atoms with Crippen molar-refractivity contribution in [2.24, 2.45) is 0 Å². The van der Waals surface area contributed by atoms with Gasteiger partial charge in [0.2, 0.25) is 0 Å². The van der Waals surface area contributed by atoms with E-state index in [2.05, 4.69) is 6.92 Å². The molecule has 0 aliphatic carbocycles. The summed E-state index contributed by atoms with van der Waals surface area (Å²) in [5.74, 6) is 0. The van der Waals surface area contributed by atoms with Crippen LogP contribution in [-0.2, 0) is 6.42 Å². The molecule has 1 N–H and O–H groups in total. The van der Waals surface area contributed by atoms with E-state index < -0.39 is 0 Å². The summed E-state index contributed by atoms with van der Waals surface area (Å²) in [7, 11) is 0. The number of nitrogens with one attached hydrogen (secondary N) is 1. The van der Waals surface area contributed by atoms with E-state index in [9.17, 15) is 0 Å². The van der Waals surface area contributed by atoms with Gasteiger partial charge in [-0.1, -0.05) is 6.92 Å². The molecule has 0 saturated carbocycles. The highest BCUT2D eigenvalue weighted by Crippen LogP contribution is 1.98. The fraction of sp³-hybridized carbons (Fsp3) is 0.286. The zero-order chi connectivity index (χ0) is 6.69. The molecule has 2 nitrogen and oxygen atoms in total. The van der Waals surface area contributed by atoms with Crippen molar-refractivity contribution in [1.82, 2.24) is 4.57 Å². The largest absolute Gasteiger partial charge is 0.315 e. The molecule has 0 radical (unpaired) electrons. The molecule has 0 amide bonds. The molecule has 1 aromatic heterocycles. The van der Waals surface area contributed by atoms with Gasteiger partial charge in [0.05, 0.1) is 6.34 Å². The Morgan fingerprint density at radius 1 is 1.78 bits per heavy atom. The van der Waals surface area contributed by atoms with Gasteiger partial charge in [0.15, 0.2) is 0 Å². The fourth-order valence-electron chi connectivity index (χ4n) is 0.749. The van der Waals surface area contributed by atoms with Gasteiger partial charge in [-0.15, -0.1) is 0 Å². The maximum absolute atomic E-state index is 6.87. The van der Waals surface area contributed by atoms with Gasteiger partial charge in [0.1, 0.15) is 0 Å². The van der Waals surface area contributed by atoms with Crippen molar-refractivity contribution in [2.45, 2.75) is 13.3 Å². The molecule has 2 heteroatoms. The summed E-state index contributed by atoms with van der Waals surface area (Å²) < 4.78 is 1.73. The maximum Gasteiger partial charge on any atom is 0.0898 e. The van der Waals surface area contributed by atoms with Crippen LogP contribution in [0.5, 0.6) is 0 Å². The summed E-state index contributed by atoms with van der Waals surface area (Å²) in [6.07, 6.45) is 6.17. The molecular formula is C7H10N2. The number of aryl methyl sites for hydroxylation is 1. The minimum atomic E-state index is 1.04. The summed E-state index contributed by atoms with van der Waals surface area (Å²) in [4.78, 5) is 0. The molecule has 0 spiro atoms. The summed E-state index contributed by atoms with van der Waals surface area (Å²) in [6, 6.07) is 2.02. The molecule has 0 bridgehead atoms. The topological polar surface area (TPSA) is 28.8 Å². The van der Waals surface area contributed by atoms with Crippen LogP contribution < -0.4 is 0 Å². The van der Waals surface area contributed by atoms with Gasteiger partial charge >= 0.3 is 0 Å². The van der Waals surface area contributed by atoms with Crippen molar-refractivity contribution in [3.8, 4) is 0 Å². The van der Waals surface area contributed by atoms with Crippen molar-refractivity contribution >= 4 is 6.34 Å². The maximum atomic E-state index is 6.87. The van der Waals surface area contributed by atoms with Crippen LogP contribution in [0.15, 0.2) is 18.5 Å². The molecule has 0 aromatic carbocycles. The molecule has 1 heterocycles. The standard InChI is InChI=1S/C7H10N2/c1-2-7-3-4-9(5-7)6-8/h3-6,8H,2H2,1H3. The monoisotopic (exact) mass is 122 g/mol. The van der Waals surface area contributed by atoms with E-state index in [0.717, 1.165) is 6.42 Å². The van der Waals surface area contributed by atoms with Crippen LogP contribution in [-0.4, -0.2) is 10.9 Å². The van der Waals surface area contributed by atoms with Crippen molar-refractivity contribution < 1.29 is 0 Å². The van der Waals surface area contributed by atoms with Crippen molar-refractivity contribution in [3.05, 3.63) is 24.0 Å². The van der Waals surface area contributed by atoms with Gasteiger partial charge in [0.25, 0.3) is 0 Å². The highest BCUT2D eigenvalue weighted by molar-refractivity contribution is 5.54. The predicted octanol–water partition coefficient (Wildman–Crippen LogP) is 1.51. The van der Waals surface area contributed by atoms with Crippen LogP contribution in [0.3, 0.4) is 0 Å². The highest BCUT2D eigenvalue weighted by atomic mass is 14.9. The summed E-state index contributed by atoms with van der Waals surface area (Å²) >= 11 is 0. The van der Waals surface area contributed by atoms with Gasteiger partial charge < -0.3 is 4.57 Å². The first-order chi connectivity index (χ1) is 4.36. The minimum Gasteiger partial charge on any atom is -0.315 e. The van der Waals surface area contributed by atoms with Crippen LogP contribution in [0, 0.1) is 5.41 Å². The second-order valence-electron chi connectivity index (χ2n) is 1.95. The summed E-state index contributed by atoms with van der Waals surface area (Å²) in [6.45, 7) is 2.10. The van der Waals surface area contributed by atoms with Crippen LogP contribution in [0.25, 0.3) is 0 Å². The Labute approximate surface area is 54.6 Å². The molecule has 0 saturated heterocycles. The lowest BCUT2D eigenvalue weighted by Gasteiger charge is -1.85. The van der Waals surface area contributed by atoms with Crippen LogP contribution in [0.2, 0.25) is 0 Å². The zero-order valence-electron chi connectivity index (χ0n) is 5.46. The molecule has 0 fully saturated rings. The molecule has 0 aliphatic heterocycles. The zero-order valence-corrected chi connectivity index (χ0v) is 5.46. The Morgan fingerprint density at radius 3 is 2.89 bits per heavy atom. The van der Waals surface area contributed by atoms with Gasteiger partial charge in [0, 0.05) is 12.4 Å². The first-order valence-electron chi connectivity index (χ1n) is 3.03. The van der Waals surface area contributed by atoms with Crippen molar-refractivity contribution in [2.75, 3.05) is 0 Å². The summed E-state index contributed by atoms with van der Waals surface area (Å²) in [5, 5.41) is 6.87. The SMILES string of the molecule is CCc1ccn(C=N)c1. The van der Waals surface area contributed by atoms with Gasteiger partial charge in [-0.3, -0.25) is 5.41 Å². The fourth-order valence-corrected chi connectivity index (χ4v) is 0.749. The Morgan fingerprint density at radius 2 is 2.56 bits per heavy atom.